The summed E-state index contributed by atoms with van der Waals surface area (Å²) < 4.78 is 0. The predicted molar refractivity (Wildman–Crippen MR) is 117 cm³/mol. The molecule has 2 aromatic rings. The third-order valence-corrected chi connectivity index (χ3v) is 5.39. The van der Waals surface area contributed by atoms with Crippen molar-refractivity contribution in [3.05, 3.63) is 59.8 Å². The second-order valence-corrected chi connectivity index (χ2v) is 7.54. The number of benzene rings is 2. The van der Waals surface area contributed by atoms with E-state index < -0.39 is 0 Å². The number of nitrogens with one attached hydrogen (secondary N) is 2. The first-order valence-electron chi connectivity index (χ1n) is 10.0. The topological polar surface area (TPSA) is 81.8 Å². The number of hydrogen-bond acceptors (Lipinski definition) is 5. The SMILES string of the molecule is CC(=O)Nc1ccc(C2=C(Nc3ccc(N4CCCC4)cc3)C(=O)N(C)C2=O)cc1. The standard InChI is InChI=1S/C23H24N4O3/c1-15(28)24-17-7-5-16(6-8-17)20-21(23(30)26(2)22(20)29)25-18-9-11-19(12-10-18)27-13-3-4-14-27/h5-12,25H,3-4,13-14H2,1-2H3,(H,24,28). The zero-order valence-electron chi connectivity index (χ0n) is 17.1. The van der Waals surface area contributed by atoms with E-state index in [2.05, 4.69) is 15.5 Å². The highest BCUT2D eigenvalue weighted by Crippen LogP contribution is 2.31. The molecule has 2 heterocycles. The number of carbonyl (C=O) groups excluding carboxylic acids is 3. The molecule has 2 N–H and O–H groups in total. The van der Waals surface area contributed by atoms with Crippen LogP contribution in [0.25, 0.3) is 5.57 Å². The van der Waals surface area contributed by atoms with E-state index in [9.17, 15) is 14.4 Å². The van der Waals surface area contributed by atoms with Crippen LogP contribution in [-0.4, -0.2) is 42.8 Å². The fraction of sp³-hybridized carbons (Fsp3) is 0.261. The average Bonchev–Trinajstić information content (AvgIpc) is 3.34. The molecule has 0 spiro atoms. The van der Waals surface area contributed by atoms with Gasteiger partial charge in [0.15, 0.2) is 0 Å². The number of nitrogens with zero attached hydrogens (tertiary/aromatic N) is 2. The number of rotatable bonds is 5. The molecule has 2 aliphatic heterocycles. The number of imide groups is 1. The molecule has 154 valence electrons. The Morgan fingerprint density at radius 2 is 1.47 bits per heavy atom. The zero-order valence-corrected chi connectivity index (χ0v) is 17.1. The lowest BCUT2D eigenvalue weighted by Crippen LogP contribution is -2.27. The summed E-state index contributed by atoms with van der Waals surface area (Å²) in [4.78, 5) is 40.1. The van der Waals surface area contributed by atoms with Crippen molar-refractivity contribution in [2.24, 2.45) is 0 Å². The largest absolute Gasteiger partial charge is 0.372 e. The Hall–Kier alpha value is -3.61. The summed E-state index contributed by atoms with van der Waals surface area (Å²) in [6.45, 7) is 3.56. The lowest BCUT2D eigenvalue weighted by atomic mass is 10.0. The van der Waals surface area contributed by atoms with Crippen molar-refractivity contribution in [1.29, 1.82) is 0 Å². The molecule has 0 atom stereocenters. The summed E-state index contributed by atoms with van der Waals surface area (Å²) in [5, 5.41) is 5.84. The van der Waals surface area contributed by atoms with Crippen LogP contribution in [0.5, 0.6) is 0 Å². The van der Waals surface area contributed by atoms with Crippen molar-refractivity contribution in [1.82, 2.24) is 4.90 Å². The maximum atomic E-state index is 12.7. The van der Waals surface area contributed by atoms with E-state index in [0.29, 0.717) is 16.8 Å². The van der Waals surface area contributed by atoms with Gasteiger partial charge in [-0.05, 0) is 54.8 Å². The smallest absolute Gasteiger partial charge is 0.277 e. The molecule has 0 radical (unpaired) electrons. The molecule has 2 aromatic carbocycles. The van der Waals surface area contributed by atoms with Crippen molar-refractivity contribution in [3.8, 4) is 0 Å². The van der Waals surface area contributed by atoms with Crippen molar-refractivity contribution >= 4 is 40.4 Å². The van der Waals surface area contributed by atoms with Crippen molar-refractivity contribution < 1.29 is 14.4 Å². The lowest BCUT2D eigenvalue weighted by molar-refractivity contribution is -0.135. The Kier molecular flexibility index (Phi) is 5.27. The molecule has 4 rings (SSSR count). The van der Waals surface area contributed by atoms with Gasteiger partial charge in [0.2, 0.25) is 5.91 Å². The number of anilines is 3. The van der Waals surface area contributed by atoms with Crippen molar-refractivity contribution in [2.45, 2.75) is 19.8 Å². The van der Waals surface area contributed by atoms with Crippen LogP contribution < -0.4 is 15.5 Å². The Morgan fingerprint density at radius 3 is 2.07 bits per heavy atom. The number of hydrogen-bond donors (Lipinski definition) is 2. The van der Waals surface area contributed by atoms with Crippen molar-refractivity contribution in [2.75, 3.05) is 35.7 Å². The van der Waals surface area contributed by atoms with E-state index in [0.717, 1.165) is 29.4 Å². The fourth-order valence-electron chi connectivity index (χ4n) is 3.82. The number of likely N-dealkylation sites (N-methyl/N-ethyl adjacent to an activating group) is 1. The van der Waals surface area contributed by atoms with E-state index in [4.69, 9.17) is 0 Å². The summed E-state index contributed by atoms with van der Waals surface area (Å²) in [5.74, 6) is -0.901. The zero-order chi connectivity index (χ0) is 21.3. The summed E-state index contributed by atoms with van der Waals surface area (Å²) in [7, 11) is 1.47. The van der Waals surface area contributed by atoms with Gasteiger partial charge in [-0.2, -0.15) is 0 Å². The highest BCUT2D eigenvalue weighted by atomic mass is 16.2. The van der Waals surface area contributed by atoms with Gasteiger partial charge < -0.3 is 15.5 Å². The molecule has 7 nitrogen and oxygen atoms in total. The second-order valence-electron chi connectivity index (χ2n) is 7.54. The maximum absolute atomic E-state index is 12.7. The van der Waals surface area contributed by atoms with Gasteiger partial charge in [-0.15, -0.1) is 0 Å². The first kappa shape index (κ1) is 19.7. The summed E-state index contributed by atoms with van der Waals surface area (Å²) in [6, 6.07) is 14.8. The average molecular weight is 404 g/mol. The number of carbonyl (C=O) groups is 3. The Labute approximate surface area is 175 Å². The van der Waals surface area contributed by atoms with Gasteiger partial charge in [0, 0.05) is 44.1 Å². The van der Waals surface area contributed by atoms with Gasteiger partial charge in [-0.3, -0.25) is 19.3 Å². The van der Waals surface area contributed by atoms with Gasteiger partial charge in [0.05, 0.1) is 5.57 Å². The quantitative estimate of drug-likeness (QED) is 0.749. The summed E-state index contributed by atoms with van der Waals surface area (Å²) >= 11 is 0. The molecule has 1 saturated heterocycles. The first-order chi connectivity index (χ1) is 14.4. The molecule has 0 bridgehead atoms. The molecule has 0 aromatic heterocycles. The van der Waals surface area contributed by atoms with E-state index in [-0.39, 0.29) is 23.4 Å². The minimum absolute atomic E-state index is 0.173. The predicted octanol–water partition coefficient (Wildman–Crippen LogP) is 3.07. The van der Waals surface area contributed by atoms with Gasteiger partial charge in [-0.1, -0.05) is 12.1 Å². The molecule has 1 fully saturated rings. The van der Waals surface area contributed by atoms with E-state index in [1.165, 1.54) is 26.8 Å². The highest BCUT2D eigenvalue weighted by molar-refractivity contribution is 6.36. The highest BCUT2D eigenvalue weighted by Gasteiger charge is 2.36. The Bertz CT molecular complexity index is 1020. The van der Waals surface area contributed by atoms with Crippen LogP contribution in [0.3, 0.4) is 0 Å². The molecular formula is C23H24N4O3. The van der Waals surface area contributed by atoms with Crippen LogP contribution in [0.2, 0.25) is 0 Å². The van der Waals surface area contributed by atoms with E-state index in [1.807, 2.05) is 24.3 Å². The molecule has 7 heteroatoms. The van der Waals surface area contributed by atoms with Crippen LogP contribution in [-0.2, 0) is 14.4 Å². The minimum atomic E-state index is -0.371. The third kappa shape index (κ3) is 3.78. The van der Waals surface area contributed by atoms with E-state index in [1.54, 1.807) is 24.3 Å². The monoisotopic (exact) mass is 404 g/mol. The third-order valence-electron chi connectivity index (χ3n) is 5.39. The van der Waals surface area contributed by atoms with Crippen molar-refractivity contribution in [3.63, 3.8) is 0 Å². The molecule has 0 saturated carbocycles. The first-order valence-corrected chi connectivity index (χ1v) is 10.0. The molecular weight excluding hydrogens is 380 g/mol. The van der Waals surface area contributed by atoms with Crippen LogP contribution >= 0.6 is 0 Å². The minimum Gasteiger partial charge on any atom is -0.372 e. The summed E-state index contributed by atoms with van der Waals surface area (Å²) in [6.07, 6.45) is 2.42. The van der Waals surface area contributed by atoms with Crippen LogP contribution in [0, 0.1) is 0 Å². The summed E-state index contributed by atoms with van der Waals surface area (Å²) in [5.41, 5.74) is 3.72. The van der Waals surface area contributed by atoms with Crippen LogP contribution in [0.15, 0.2) is 54.2 Å². The number of amides is 3. The van der Waals surface area contributed by atoms with Gasteiger partial charge >= 0.3 is 0 Å². The van der Waals surface area contributed by atoms with Gasteiger partial charge in [-0.25, -0.2) is 0 Å². The molecule has 2 aliphatic rings. The normalized spacial score (nSPS) is 16.5. The maximum Gasteiger partial charge on any atom is 0.277 e. The fourth-order valence-corrected chi connectivity index (χ4v) is 3.82. The Balaban J connectivity index is 1.62. The lowest BCUT2D eigenvalue weighted by Gasteiger charge is -2.18. The van der Waals surface area contributed by atoms with Gasteiger partial charge in [0.25, 0.3) is 11.8 Å². The Morgan fingerprint density at radius 1 is 0.867 bits per heavy atom. The van der Waals surface area contributed by atoms with E-state index >= 15 is 0 Å². The molecule has 0 aliphatic carbocycles. The molecule has 3 amide bonds. The molecule has 0 unspecified atom stereocenters. The van der Waals surface area contributed by atoms with Crippen LogP contribution in [0.4, 0.5) is 17.1 Å². The van der Waals surface area contributed by atoms with Gasteiger partial charge in [0.1, 0.15) is 5.70 Å². The van der Waals surface area contributed by atoms with Crippen LogP contribution in [0.1, 0.15) is 25.3 Å². The molecule has 30 heavy (non-hydrogen) atoms. The second kappa shape index (κ2) is 8.02.